The zero-order valence-corrected chi connectivity index (χ0v) is 9.09. The van der Waals surface area contributed by atoms with Crippen LogP contribution in [0.25, 0.3) is 0 Å². The number of hydrogen-bond donors (Lipinski definition) is 1. The molecule has 3 nitrogen and oxygen atoms in total. The van der Waals surface area contributed by atoms with E-state index in [4.69, 9.17) is 5.11 Å². The van der Waals surface area contributed by atoms with E-state index in [0.29, 0.717) is 6.20 Å². The molecule has 1 rings (SSSR count). The summed E-state index contributed by atoms with van der Waals surface area (Å²) in [5.74, 6) is -1.34. The summed E-state index contributed by atoms with van der Waals surface area (Å²) >= 11 is 0. The molecule has 1 N–H and O–H groups in total. The molecule has 0 aromatic carbocycles. The average molecular weight is 235 g/mol. The van der Waals surface area contributed by atoms with E-state index in [0.717, 1.165) is 6.07 Å². The van der Waals surface area contributed by atoms with Gasteiger partial charge in [0.2, 0.25) is 0 Å². The van der Waals surface area contributed by atoms with Crippen LogP contribution in [-0.2, 0) is 6.18 Å². The van der Waals surface area contributed by atoms with Crippen molar-refractivity contribution in [2.75, 3.05) is 0 Å². The smallest absolute Gasteiger partial charge is 0.417 e. The fraction of sp³-hybridized carbons (Fsp3) is 0.400. The first kappa shape index (κ1) is 14.4. The average Bonchev–Trinajstić information content (AvgIpc) is 2.18. The fourth-order valence-electron chi connectivity index (χ4n) is 0.954. The fourth-order valence-corrected chi connectivity index (χ4v) is 0.954. The number of rotatable bonds is 1. The molecule has 6 heteroatoms. The summed E-state index contributed by atoms with van der Waals surface area (Å²) in [6.45, 7) is 5.27. The van der Waals surface area contributed by atoms with Gasteiger partial charge in [-0.3, -0.25) is 0 Å². The summed E-state index contributed by atoms with van der Waals surface area (Å²) < 4.78 is 36.3. The van der Waals surface area contributed by atoms with E-state index in [1.807, 2.05) is 13.8 Å². The number of carbonyl (C=O) groups is 1. The second-order valence-corrected chi connectivity index (χ2v) is 2.69. The van der Waals surface area contributed by atoms with Crippen LogP contribution in [0, 0.1) is 6.92 Å². The summed E-state index contributed by atoms with van der Waals surface area (Å²) in [5, 5.41) is 8.52. The molecule has 90 valence electrons. The van der Waals surface area contributed by atoms with Crippen LogP contribution in [0.1, 0.15) is 35.5 Å². The summed E-state index contributed by atoms with van der Waals surface area (Å²) in [5.41, 5.74) is -1.31. The lowest BCUT2D eigenvalue weighted by atomic mass is 10.1. The third kappa shape index (κ3) is 3.52. The second-order valence-electron chi connectivity index (χ2n) is 2.69. The number of hydrogen-bond acceptors (Lipinski definition) is 2. The Bertz CT molecular complexity index is 375. The topological polar surface area (TPSA) is 50.2 Å². The van der Waals surface area contributed by atoms with Gasteiger partial charge in [-0.05, 0) is 18.6 Å². The van der Waals surface area contributed by atoms with E-state index in [1.54, 1.807) is 0 Å². The number of aromatic carboxylic acids is 1. The van der Waals surface area contributed by atoms with Crippen molar-refractivity contribution >= 4 is 5.97 Å². The van der Waals surface area contributed by atoms with E-state index < -0.39 is 17.7 Å². The van der Waals surface area contributed by atoms with Gasteiger partial charge in [-0.2, -0.15) is 13.2 Å². The third-order valence-corrected chi connectivity index (χ3v) is 1.61. The lowest BCUT2D eigenvalue weighted by molar-refractivity contribution is -0.137. The Hall–Kier alpha value is -1.59. The molecule has 16 heavy (non-hydrogen) atoms. The van der Waals surface area contributed by atoms with Gasteiger partial charge in [-0.25, -0.2) is 9.78 Å². The minimum atomic E-state index is -4.49. The Labute approximate surface area is 90.9 Å². The quantitative estimate of drug-likeness (QED) is 0.813. The van der Waals surface area contributed by atoms with Gasteiger partial charge in [-0.15, -0.1) is 0 Å². The number of aromatic nitrogens is 1. The maximum atomic E-state index is 12.1. The van der Waals surface area contributed by atoms with Crippen molar-refractivity contribution in [2.45, 2.75) is 26.9 Å². The second kappa shape index (κ2) is 5.48. The van der Waals surface area contributed by atoms with Crippen LogP contribution >= 0.6 is 0 Å². The van der Waals surface area contributed by atoms with Crippen molar-refractivity contribution in [3.63, 3.8) is 0 Å². The zero-order chi connectivity index (χ0) is 12.9. The minimum absolute atomic E-state index is 0.00711. The zero-order valence-electron chi connectivity index (χ0n) is 9.09. The first-order chi connectivity index (χ1) is 7.32. The van der Waals surface area contributed by atoms with Gasteiger partial charge < -0.3 is 5.11 Å². The number of pyridine rings is 1. The largest absolute Gasteiger partial charge is 0.477 e. The molecule has 1 aromatic heterocycles. The molecule has 0 amide bonds. The highest BCUT2D eigenvalue weighted by Crippen LogP contribution is 2.29. The molecule has 0 aliphatic carbocycles. The van der Waals surface area contributed by atoms with E-state index in [2.05, 4.69) is 4.98 Å². The monoisotopic (exact) mass is 235 g/mol. The van der Waals surface area contributed by atoms with Gasteiger partial charge in [0, 0.05) is 6.20 Å². The van der Waals surface area contributed by atoms with Crippen LogP contribution in [0.2, 0.25) is 0 Å². The van der Waals surface area contributed by atoms with Crippen molar-refractivity contribution in [3.05, 3.63) is 29.1 Å². The molecule has 1 aromatic rings. The Kier molecular flexibility index (Phi) is 4.94. The standard InChI is InChI=1S/C8H6F3NO2.C2H6/c1-4-2-5(8(9,10)11)3-12-6(4)7(13)14;1-2/h2-3H,1H3,(H,13,14);1-2H3. The molecular formula is C10H12F3NO2. The predicted molar refractivity (Wildman–Crippen MR) is 52.3 cm³/mol. The lowest BCUT2D eigenvalue weighted by Gasteiger charge is -2.07. The predicted octanol–water partition coefficient (Wildman–Crippen LogP) is 3.13. The number of nitrogens with zero attached hydrogens (tertiary/aromatic N) is 1. The van der Waals surface area contributed by atoms with Crippen molar-refractivity contribution in [2.24, 2.45) is 0 Å². The van der Waals surface area contributed by atoms with Gasteiger partial charge in [0.05, 0.1) is 5.56 Å². The molecule has 0 unspecified atom stereocenters. The molecule has 0 fully saturated rings. The molecule has 1 heterocycles. The van der Waals surface area contributed by atoms with Crippen LogP contribution in [0.4, 0.5) is 13.2 Å². The maximum absolute atomic E-state index is 12.1. The minimum Gasteiger partial charge on any atom is -0.477 e. The Balaban J connectivity index is 0.00000106. The van der Waals surface area contributed by atoms with Crippen molar-refractivity contribution in [1.82, 2.24) is 4.98 Å². The molecule has 0 atom stereocenters. The van der Waals surface area contributed by atoms with Crippen LogP contribution in [0.15, 0.2) is 12.3 Å². The van der Waals surface area contributed by atoms with Crippen LogP contribution in [-0.4, -0.2) is 16.1 Å². The van der Waals surface area contributed by atoms with Crippen LogP contribution < -0.4 is 0 Å². The van der Waals surface area contributed by atoms with Gasteiger partial charge in [0.15, 0.2) is 5.69 Å². The van der Waals surface area contributed by atoms with E-state index in [-0.39, 0.29) is 11.3 Å². The number of aryl methyl sites for hydroxylation is 1. The molecule has 0 aliphatic rings. The summed E-state index contributed by atoms with van der Waals surface area (Å²) in [6, 6.07) is 0.760. The first-order valence-corrected chi connectivity index (χ1v) is 4.59. The number of carboxylic acids is 1. The Morgan fingerprint density at radius 3 is 2.19 bits per heavy atom. The van der Waals surface area contributed by atoms with Crippen molar-refractivity contribution in [3.8, 4) is 0 Å². The molecule has 0 aliphatic heterocycles. The molecule has 0 bridgehead atoms. The molecule has 0 radical (unpaired) electrons. The summed E-state index contributed by atoms with van der Waals surface area (Å²) in [6.07, 6.45) is -3.98. The normalized spacial score (nSPS) is 10.4. The highest BCUT2D eigenvalue weighted by atomic mass is 19.4. The third-order valence-electron chi connectivity index (χ3n) is 1.61. The Morgan fingerprint density at radius 1 is 1.38 bits per heavy atom. The summed E-state index contributed by atoms with van der Waals surface area (Å²) in [7, 11) is 0. The Morgan fingerprint density at radius 2 is 1.88 bits per heavy atom. The highest BCUT2D eigenvalue weighted by Gasteiger charge is 2.31. The van der Waals surface area contributed by atoms with E-state index in [1.165, 1.54) is 6.92 Å². The van der Waals surface area contributed by atoms with Gasteiger partial charge in [-0.1, -0.05) is 13.8 Å². The molecule has 0 saturated carbocycles. The van der Waals surface area contributed by atoms with Gasteiger partial charge in [0.25, 0.3) is 0 Å². The van der Waals surface area contributed by atoms with Crippen LogP contribution in [0.3, 0.4) is 0 Å². The highest BCUT2D eigenvalue weighted by molar-refractivity contribution is 5.86. The van der Waals surface area contributed by atoms with E-state index in [9.17, 15) is 18.0 Å². The van der Waals surface area contributed by atoms with Gasteiger partial charge >= 0.3 is 12.1 Å². The summed E-state index contributed by atoms with van der Waals surface area (Å²) in [4.78, 5) is 13.7. The van der Waals surface area contributed by atoms with Crippen molar-refractivity contribution < 1.29 is 23.1 Å². The SMILES string of the molecule is CC.Cc1cc(C(F)(F)F)cnc1C(=O)O. The van der Waals surface area contributed by atoms with E-state index >= 15 is 0 Å². The number of halogens is 3. The number of alkyl halides is 3. The lowest BCUT2D eigenvalue weighted by Crippen LogP contribution is -2.10. The maximum Gasteiger partial charge on any atom is 0.417 e. The molecule has 0 spiro atoms. The molecule has 0 saturated heterocycles. The molecular weight excluding hydrogens is 223 g/mol. The number of carboxylic acid groups (broad SMARTS) is 1. The van der Waals surface area contributed by atoms with Crippen molar-refractivity contribution in [1.29, 1.82) is 0 Å². The van der Waals surface area contributed by atoms with Crippen LogP contribution in [0.5, 0.6) is 0 Å². The van der Waals surface area contributed by atoms with Gasteiger partial charge in [0.1, 0.15) is 0 Å². The first-order valence-electron chi connectivity index (χ1n) is 4.59.